The van der Waals surface area contributed by atoms with E-state index in [1.54, 1.807) is 0 Å². The van der Waals surface area contributed by atoms with Crippen LogP contribution >= 0.6 is 0 Å². The summed E-state index contributed by atoms with van der Waals surface area (Å²) in [6, 6.07) is 4.32. The number of guanidine groups is 1. The number of pyridine rings is 1. The Morgan fingerprint density at radius 3 is 2.50 bits per heavy atom. The molecule has 1 aromatic heterocycles. The largest absolute Gasteiger partial charge is 0.357 e. The van der Waals surface area contributed by atoms with Crippen LogP contribution in [-0.4, -0.2) is 37.6 Å². The van der Waals surface area contributed by atoms with Gasteiger partial charge >= 0.3 is 0 Å². The number of hydrogen-bond donors (Lipinski definition) is 2. The van der Waals surface area contributed by atoms with Gasteiger partial charge in [0.25, 0.3) is 0 Å². The molecule has 5 heteroatoms. The summed E-state index contributed by atoms with van der Waals surface area (Å²) in [5.41, 5.74) is 1.67. The van der Waals surface area contributed by atoms with Crippen LogP contribution in [0.5, 0.6) is 0 Å². The van der Waals surface area contributed by atoms with Crippen molar-refractivity contribution >= 4 is 11.8 Å². The number of nitrogens with one attached hydrogen (secondary N) is 2. The SMILES string of the molecule is CN=C(NCc1ccc(N2CCCC2)nc1)NCC1(CC(C)C)CCC1. The van der Waals surface area contributed by atoms with Crippen molar-refractivity contribution in [1.82, 2.24) is 15.6 Å². The molecule has 0 bridgehead atoms. The summed E-state index contributed by atoms with van der Waals surface area (Å²) in [5.74, 6) is 2.75. The molecule has 1 aliphatic heterocycles. The van der Waals surface area contributed by atoms with E-state index < -0.39 is 0 Å². The van der Waals surface area contributed by atoms with Gasteiger partial charge < -0.3 is 15.5 Å². The van der Waals surface area contributed by atoms with Gasteiger partial charge in [0.2, 0.25) is 0 Å². The first kappa shape index (κ1) is 19.0. The molecule has 0 unspecified atom stereocenters. The molecule has 144 valence electrons. The third-order valence-corrected chi connectivity index (χ3v) is 5.81. The molecule has 1 saturated heterocycles. The van der Waals surface area contributed by atoms with Gasteiger partial charge in [-0.15, -0.1) is 0 Å². The monoisotopic (exact) mass is 357 g/mol. The van der Waals surface area contributed by atoms with Crippen LogP contribution in [0.25, 0.3) is 0 Å². The highest BCUT2D eigenvalue weighted by molar-refractivity contribution is 5.79. The fourth-order valence-corrected chi connectivity index (χ4v) is 4.33. The summed E-state index contributed by atoms with van der Waals surface area (Å²) in [7, 11) is 1.85. The predicted octanol–water partition coefficient (Wildman–Crippen LogP) is 3.56. The van der Waals surface area contributed by atoms with Gasteiger partial charge in [-0.1, -0.05) is 26.3 Å². The molecular weight excluding hydrogens is 322 g/mol. The molecular formula is C21H35N5. The zero-order valence-electron chi connectivity index (χ0n) is 16.7. The average molecular weight is 358 g/mol. The van der Waals surface area contributed by atoms with Crippen molar-refractivity contribution in [1.29, 1.82) is 0 Å². The number of rotatable bonds is 7. The first-order valence-electron chi connectivity index (χ1n) is 10.2. The lowest BCUT2D eigenvalue weighted by Crippen LogP contribution is -2.46. The highest BCUT2D eigenvalue weighted by Gasteiger charge is 2.37. The second kappa shape index (κ2) is 8.74. The van der Waals surface area contributed by atoms with E-state index in [0.29, 0.717) is 5.41 Å². The number of nitrogens with zero attached hydrogens (tertiary/aromatic N) is 3. The molecule has 0 amide bonds. The molecule has 0 atom stereocenters. The van der Waals surface area contributed by atoms with E-state index >= 15 is 0 Å². The summed E-state index contributed by atoms with van der Waals surface area (Å²) >= 11 is 0. The minimum atomic E-state index is 0.477. The number of anilines is 1. The quantitative estimate of drug-likeness (QED) is 0.579. The third kappa shape index (κ3) is 4.89. The van der Waals surface area contributed by atoms with Crippen LogP contribution in [0.3, 0.4) is 0 Å². The molecule has 2 N–H and O–H groups in total. The van der Waals surface area contributed by atoms with Crippen LogP contribution in [0, 0.1) is 11.3 Å². The maximum atomic E-state index is 4.63. The Morgan fingerprint density at radius 2 is 1.96 bits per heavy atom. The van der Waals surface area contributed by atoms with Crippen LogP contribution in [-0.2, 0) is 6.54 Å². The smallest absolute Gasteiger partial charge is 0.191 e. The van der Waals surface area contributed by atoms with Crippen LogP contribution < -0.4 is 15.5 Å². The summed E-state index contributed by atoms with van der Waals surface area (Å²) in [4.78, 5) is 11.4. The Hall–Kier alpha value is -1.78. The zero-order chi connectivity index (χ0) is 18.4. The average Bonchev–Trinajstić information content (AvgIpc) is 3.14. The van der Waals surface area contributed by atoms with Crippen molar-refractivity contribution in [3.05, 3.63) is 23.9 Å². The van der Waals surface area contributed by atoms with Crippen molar-refractivity contribution < 1.29 is 0 Å². The van der Waals surface area contributed by atoms with Gasteiger partial charge in [0, 0.05) is 39.4 Å². The van der Waals surface area contributed by atoms with Crippen molar-refractivity contribution in [3.63, 3.8) is 0 Å². The van der Waals surface area contributed by atoms with E-state index in [0.717, 1.165) is 43.9 Å². The Bertz CT molecular complexity index is 583. The molecule has 1 aliphatic carbocycles. The number of aromatic nitrogens is 1. The van der Waals surface area contributed by atoms with E-state index in [9.17, 15) is 0 Å². The minimum Gasteiger partial charge on any atom is -0.357 e. The second-order valence-electron chi connectivity index (χ2n) is 8.45. The summed E-state index contributed by atoms with van der Waals surface area (Å²) < 4.78 is 0. The van der Waals surface area contributed by atoms with Crippen molar-refractivity contribution in [2.45, 2.75) is 58.9 Å². The van der Waals surface area contributed by atoms with E-state index in [-0.39, 0.29) is 0 Å². The van der Waals surface area contributed by atoms with E-state index in [4.69, 9.17) is 0 Å². The summed E-state index contributed by atoms with van der Waals surface area (Å²) in [5, 5.41) is 6.99. The lowest BCUT2D eigenvalue weighted by atomic mass is 9.64. The van der Waals surface area contributed by atoms with Crippen molar-refractivity contribution in [2.24, 2.45) is 16.3 Å². The Morgan fingerprint density at radius 1 is 1.19 bits per heavy atom. The van der Waals surface area contributed by atoms with E-state index in [1.807, 2.05) is 13.2 Å². The maximum absolute atomic E-state index is 4.63. The standard InChI is InChI=1S/C21H35N5/c1-17(2)13-21(9-6-10-21)16-25-20(22-3)24-15-18-7-8-19(23-14-18)26-11-4-5-12-26/h7-8,14,17H,4-6,9-13,15-16H2,1-3H3,(H2,22,24,25). The van der Waals surface area contributed by atoms with Crippen LogP contribution in [0.4, 0.5) is 5.82 Å². The normalized spacial score (nSPS) is 19.5. The fraction of sp³-hybridized carbons (Fsp3) is 0.714. The molecule has 2 aliphatic rings. The van der Waals surface area contributed by atoms with Crippen molar-refractivity contribution in [2.75, 3.05) is 31.6 Å². The van der Waals surface area contributed by atoms with Gasteiger partial charge in [-0.2, -0.15) is 0 Å². The Balaban J connectivity index is 1.46. The van der Waals surface area contributed by atoms with Gasteiger partial charge in [0.1, 0.15) is 5.82 Å². The fourth-order valence-electron chi connectivity index (χ4n) is 4.33. The molecule has 5 nitrogen and oxygen atoms in total. The Kier molecular flexibility index (Phi) is 6.38. The Labute approximate surface area is 158 Å². The molecule has 3 rings (SSSR count). The summed E-state index contributed by atoms with van der Waals surface area (Å²) in [6.07, 6.45) is 9.92. The second-order valence-corrected chi connectivity index (χ2v) is 8.45. The van der Waals surface area contributed by atoms with Gasteiger partial charge in [-0.25, -0.2) is 4.98 Å². The molecule has 2 heterocycles. The van der Waals surface area contributed by atoms with Gasteiger partial charge in [0.15, 0.2) is 5.96 Å². The number of aliphatic imine (C=N–C) groups is 1. The van der Waals surface area contributed by atoms with Crippen molar-refractivity contribution in [3.8, 4) is 0 Å². The van der Waals surface area contributed by atoms with Gasteiger partial charge in [-0.3, -0.25) is 4.99 Å². The maximum Gasteiger partial charge on any atom is 0.191 e. The molecule has 2 fully saturated rings. The number of hydrogen-bond acceptors (Lipinski definition) is 3. The first-order valence-corrected chi connectivity index (χ1v) is 10.2. The van der Waals surface area contributed by atoms with Gasteiger partial charge in [-0.05, 0) is 55.1 Å². The van der Waals surface area contributed by atoms with E-state index in [2.05, 4.69) is 51.5 Å². The lowest BCUT2D eigenvalue weighted by Gasteiger charge is -2.43. The third-order valence-electron chi connectivity index (χ3n) is 5.81. The molecule has 26 heavy (non-hydrogen) atoms. The molecule has 1 saturated carbocycles. The minimum absolute atomic E-state index is 0.477. The molecule has 0 radical (unpaired) electrons. The molecule has 1 aromatic rings. The molecule has 0 aromatic carbocycles. The topological polar surface area (TPSA) is 52.6 Å². The van der Waals surface area contributed by atoms with E-state index in [1.165, 1.54) is 44.1 Å². The predicted molar refractivity (Wildman–Crippen MR) is 110 cm³/mol. The highest BCUT2D eigenvalue weighted by atomic mass is 15.2. The molecule has 0 spiro atoms. The zero-order valence-corrected chi connectivity index (χ0v) is 16.7. The summed E-state index contributed by atoms with van der Waals surface area (Å²) in [6.45, 7) is 8.71. The van der Waals surface area contributed by atoms with Crippen LogP contribution in [0.2, 0.25) is 0 Å². The highest BCUT2D eigenvalue weighted by Crippen LogP contribution is 2.45. The first-order chi connectivity index (χ1) is 12.6. The van der Waals surface area contributed by atoms with Gasteiger partial charge in [0.05, 0.1) is 0 Å². The van der Waals surface area contributed by atoms with Crippen LogP contribution in [0.15, 0.2) is 23.3 Å². The van der Waals surface area contributed by atoms with Crippen LogP contribution in [0.1, 0.15) is 57.9 Å². The lowest BCUT2D eigenvalue weighted by molar-refractivity contribution is 0.104.